The molecule has 0 aliphatic carbocycles. The largest absolute Gasteiger partial charge is 0.466 e. The first-order valence-corrected chi connectivity index (χ1v) is 6.03. The number of esters is 1. The molecule has 0 N–H and O–H groups in total. The van der Waals surface area contributed by atoms with Crippen molar-refractivity contribution in [1.82, 2.24) is 9.78 Å². The molecule has 0 spiro atoms. The van der Waals surface area contributed by atoms with Crippen LogP contribution < -0.4 is 10.5 Å². The normalized spacial score (nSPS) is 11.3. The number of ether oxygens (including phenoxy) is 1. The van der Waals surface area contributed by atoms with E-state index in [9.17, 15) is 9.59 Å². The van der Waals surface area contributed by atoms with Crippen molar-refractivity contribution in [1.29, 1.82) is 0 Å². The van der Waals surface area contributed by atoms with Crippen molar-refractivity contribution in [3.05, 3.63) is 34.3 Å². The lowest BCUT2D eigenvalue weighted by Crippen LogP contribution is -2.25. The van der Waals surface area contributed by atoms with Gasteiger partial charge in [0, 0.05) is 25.2 Å². The fourth-order valence-corrected chi connectivity index (χ4v) is 1.42. The molecule has 0 radical (unpaired) electrons. The van der Waals surface area contributed by atoms with E-state index in [2.05, 4.69) is 9.84 Å². The summed E-state index contributed by atoms with van der Waals surface area (Å²) >= 11 is 0. The van der Waals surface area contributed by atoms with Gasteiger partial charge < -0.3 is 9.64 Å². The van der Waals surface area contributed by atoms with Gasteiger partial charge in [0.15, 0.2) is 0 Å². The van der Waals surface area contributed by atoms with Crippen molar-refractivity contribution in [3.8, 4) is 0 Å². The Labute approximate surface area is 112 Å². The summed E-state index contributed by atoms with van der Waals surface area (Å²) in [6.45, 7) is 4.67. The van der Waals surface area contributed by atoms with Crippen LogP contribution in [0.4, 0.5) is 5.69 Å². The number of rotatable bonds is 5. The average Bonchev–Trinajstić information content (AvgIpc) is 2.43. The van der Waals surface area contributed by atoms with Crippen LogP contribution >= 0.6 is 0 Å². The number of aromatic nitrogens is 2. The van der Waals surface area contributed by atoms with Crippen LogP contribution in [0.3, 0.4) is 0 Å². The Morgan fingerprint density at radius 2 is 2.26 bits per heavy atom. The van der Waals surface area contributed by atoms with Gasteiger partial charge in [0.1, 0.15) is 0 Å². The molecule has 1 aromatic rings. The molecule has 0 fully saturated rings. The number of carbonyl (C=O) groups excluding carboxylic acids is 1. The molecule has 0 amide bonds. The zero-order valence-electron chi connectivity index (χ0n) is 11.7. The summed E-state index contributed by atoms with van der Waals surface area (Å²) in [7, 11) is 3.21. The summed E-state index contributed by atoms with van der Waals surface area (Å²) in [4.78, 5) is 25.0. The van der Waals surface area contributed by atoms with Gasteiger partial charge in [-0.05, 0) is 13.8 Å². The molecule has 6 heteroatoms. The number of hydrogen-bond donors (Lipinski definition) is 0. The quantitative estimate of drug-likeness (QED) is 0.582. The molecule has 0 saturated heterocycles. The summed E-state index contributed by atoms with van der Waals surface area (Å²) in [5, 5.41) is 4.07. The Morgan fingerprint density at radius 3 is 2.79 bits per heavy atom. The molecular weight excluding hydrogens is 246 g/mol. The van der Waals surface area contributed by atoms with Crippen LogP contribution in [0.2, 0.25) is 0 Å². The SMILES string of the molecule is CCN(C)c1cnn(C/C=C(/C)C(=O)OC)c(=O)c1. The second-order valence-electron chi connectivity index (χ2n) is 4.13. The Balaban J connectivity index is 2.87. The lowest BCUT2D eigenvalue weighted by atomic mass is 10.3. The predicted octanol–water partition coefficient (Wildman–Crippen LogP) is 0.819. The van der Waals surface area contributed by atoms with Crippen molar-refractivity contribution in [2.24, 2.45) is 0 Å². The lowest BCUT2D eigenvalue weighted by molar-refractivity contribution is -0.136. The third-order valence-electron chi connectivity index (χ3n) is 2.85. The molecule has 0 aliphatic heterocycles. The van der Waals surface area contributed by atoms with Crippen LogP contribution in [0, 0.1) is 0 Å². The number of carbonyl (C=O) groups is 1. The van der Waals surface area contributed by atoms with E-state index < -0.39 is 5.97 Å². The maximum atomic E-state index is 11.8. The highest BCUT2D eigenvalue weighted by molar-refractivity contribution is 5.87. The standard InChI is InChI=1S/C13H19N3O3/c1-5-15(3)11-8-12(17)16(14-9-11)7-6-10(2)13(18)19-4/h6,8-9H,5,7H2,1-4H3/b10-6-. The highest BCUT2D eigenvalue weighted by Crippen LogP contribution is 2.05. The van der Waals surface area contributed by atoms with Gasteiger partial charge in [0.2, 0.25) is 0 Å². The average molecular weight is 265 g/mol. The monoisotopic (exact) mass is 265 g/mol. The maximum absolute atomic E-state index is 11.8. The van der Waals surface area contributed by atoms with E-state index in [4.69, 9.17) is 0 Å². The molecular formula is C13H19N3O3. The van der Waals surface area contributed by atoms with Gasteiger partial charge in [-0.1, -0.05) is 6.08 Å². The molecule has 1 heterocycles. The highest BCUT2D eigenvalue weighted by atomic mass is 16.5. The van der Waals surface area contributed by atoms with Gasteiger partial charge in [-0.2, -0.15) is 5.10 Å². The zero-order chi connectivity index (χ0) is 14.4. The molecule has 0 unspecified atom stereocenters. The Hall–Kier alpha value is -2.11. The minimum Gasteiger partial charge on any atom is -0.466 e. The van der Waals surface area contributed by atoms with Crippen molar-refractivity contribution in [2.45, 2.75) is 20.4 Å². The van der Waals surface area contributed by atoms with Crippen LogP contribution in [0.1, 0.15) is 13.8 Å². The Bertz CT molecular complexity index is 534. The van der Waals surface area contributed by atoms with Crippen molar-refractivity contribution >= 4 is 11.7 Å². The number of nitrogens with zero attached hydrogens (tertiary/aromatic N) is 3. The van der Waals surface area contributed by atoms with E-state index in [0.717, 1.165) is 12.2 Å². The van der Waals surface area contributed by atoms with E-state index in [1.54, 1.807) is 19.2 Å². The molecule has 1 rings (SSSR count). The molecule has 104 valence electrons. The van der Waals surface area contributed by atoms with Crippen LogP contribution in [0.15, 0.2) is 28.7 Å². The smallest absolute Gasteiger partial charge is 0.333 e. The van der Waals surface area contributed by atoms with Gasteiger partial charge in [0.05, 0.1) is 25.5 Å². The Kier molecular flexibility index (Phi) is 5.29. The number of hydrogen-bond acceptors (Lipinski definition) is 5. The molecule has 0 aromatic carbocycles. The fraction of sp³-hybridized carbons (Fsp3) is 0.462. The Morgan fingerprint density at radius 1 is 1.58 bits per heavy atom. The summed E-state index contributed by atoms with van der Waals surface area (Å²) in [5.41, 5.74) is 1.02. The van der Waals surface area contributed by atoms with Gasteiger partial charge in [-0.15, -0.1) is 0 Å². The molecule has 0 aliphatic rings. The van der Waals surface area contributed by atoms with E-state index in [1.165, 1.54) is 17.9 Å². The molecule has 6 nitrogen and oxygen atoms in total. The van der Waals surface area contributed by atoms with Crippen LogP contribution in [-0.4, -0.2) is 36.5 Å². The first kappa shape index (κ1) is 14.9. The van der Waals surface area contributed by atoms with Gasteiger partial charge in [-0.3, -0.25) is 4.79 Å². The third kappa shape index (κ3) is 3.94. The van der Waals surface area contributed by atoms with E-state index in [1.807, 2.05) is 18.9 Å². The van der Waals surface area contributed by atoms with Crippen molar-refractivity contribution in [2.75, 3.05) is 25.6 Å². The lowest BCUT2D eigenvalue weighted by Gasteiger charge is -2.15. The summed E-state index contributed by atoms with van der Waals surface area (Å²) < 4.78 is 5.87. The van der Waals surface area contributed by atoms with Gasteiger partial charge in [0.25, 0.3) is 5.56 Å². The van der Waals surface area contributed by atoms with E-state index >= 15 is 0 Å². The fourth-order valence-electron chi connectivity index (χ4n) is 1.42. The van der Waals surface area contributed by atoms with E-state index in [0.29, 0.717) is 5.57 Å². The van der Waals surface area contributed by atoms with E-state index in [-0.39, 0.29) is 12.1 Å². The third-order valence-corrected chi connectivity index (χ3v) is 2.85. The van der Waals surface area contributed by atoms with Crippen molar-refractivity contribution < 1.29 is 9.53 Å². The molecule has 0 atom stereocenters. The van der Waals surface area contributed by atoms with Gasteiger partial charge >= 0.3 is 5.97 Å². The van der Waals surface area contributed by atoms with Crippen LogP contribution in [0.25, 0.3) is 0 Å². The first-order chi connectivity index (χ1) is 8.99. The van der Waals surface area contributed by atoms with Crippen molar-refractivity contribution in [3.63, 3.8) is 0 Å². The summed E-state index contributed by atoms with van der Waals surface area (Å²) in [5.74, 6) is -0.407. The van der Waals surface area contributed by atoms with Crippen LogP contribution in [-0.2, 0) is 16.1 Å². The van der Waals surface area contributed by atoms with Gasteiger partial charge in [-0.25, -0.2) is 9.48 Å². The molecule has 1 aromatic heterocycles. The second-order valence-corrected chi connectivity index (χ2v) is 4.13. The second kappa shape index (κ2) is 6.72. The highest BCUT2D eigenvalue weighted by Gasteiger charge is 2.05. The number of anilines is 1. The predicted molar refractivity (Wildman–Crippen MR) is 73.2 cm³/mol. The first-order valence-electron chi connectivity index (χ1n) is 6.03. The molecule has 0 bridgehead atoms. The number of methoxy groups -OCH3 is 1. The topological polar surface area (TPSA) is 64.4 Å². The number of allylic oxidation sites excluding steroid dienone is 1. The minimum atomic E-state index is -0.407. The summed E-state index contributed by atoms with van der Waals surface area (Å²) in [6.07, 6.45) is 3.25. The zero-order valence-corrected chi connectivity index (χ0v) is 11.7. The molecule has 19 heavy (non-hydrogen) atoms. The molecule has 0 saturated carbocycles. The summed E-state index contributed by atoms with van der Waals surface area (Å²) in [6, 6.07) is 1.53. The van der Waals surface area contributed by atoms with Crippen LogP contribution in [0.5, 0.6) is 0 Å². The minimum absolute atomic E-state index is 0.202. The maximum Gasteiger partial charge on any atom is 0.333 e.